The first-order chi connectivity index (χ1) is 13.2. The first-order valence-electron chi connectivity index (χ1n) is 9.65. The number of rotatable bonds is 7. The Kier molecular flexibility index (Phi) is 6.85. The van der Waals surface area contributed by atoms with Gasteiger partial charge < -0.3 is 15.0 Å². The van der Waals surface area contributed by atoms with E-state index in [1.54, 1.807) is 0 Å². The maximum Gasteiger partial charge on any atom is 0.241 e. The molecule has 1 atom stereocenters. The summed E-state index contributed by atoms with van der Waals surface area (Å²) in [5, 5.41) is 3.03. The molecule has 0 radical (unpaired) electrons. The van der Waals surface area contributed by atoms with Gasteiger partial charge in [0.2, 0.25) is 5.91 Å². The maximum atomic E-state index is 12.8. The first-order valence-corrected chi connectivity index (χ1v) is 9.65. The molecule has 1 saturated heterocycles. The lowest BCUT2D eigenvalue weighted by Gasteiger charge is -2.32. The quantitative estimate of drug-likeness (QED) is 0.815. The molecule has 1 heterocycles. The van der Waals surface area contributed by atoms with E-state index in [1.165, 1.54) is 11.3 Å². The summed E-state index contributed by atoms with van der Waals surface area (Å²) in [6.07, 6.45) is 0.759. The summed E-state index contributed by atoms with van der Waals surface area (Å²) in [5.41, 5.74) is 3.32. The lowest BCUT2D eigenvalue weighted by molar-refractivity contribution is -0.121. The van der Waals surface area contributed by atoms with Crippen molar-refractivity contribution in [3.8, 4) is 0 Å². The number of amides is 1. The summed E-state index contributed by atoms with van der Waals surface area (Å²) in [6, 6.07) is 17.9. The Hall–Kier alpha value is -2.37. The average molecular weight is 367 g/mol. The van der Waals surface area contributed by atoms with Gasteiger partial charge in [-0.1, -0.05) is 43.3 Å². The molecule has 0 aromatic heterocycles. The molecule has 5 nitrogen and oxygen atoms in total. The second-order valence-corrected chi connectivity index (χ2v) is 6.92. The zero-order chi connectivity index (χ0) is 19.1. The van der Waals surface area contributed by atoms with Gasteiger partial charge >= 0.3 is 0 Å². The summed E-state index contributed by atoms with van der Waals surface area (Å²) in [7, 11) is 2.02. The van der Waals surface area contributed by atoms with Crippen LogP contribution in [0.15, 0.2) is 54.6 Å². The van der Waals surface area contributed by atoms with E-state index in [1.807, 2.05) is 37.4 Å². The molecule has 1 aliphatic rings. The highest BCUT2D eigenvalue weighted by atomic mass is 16.5. The molecule has 0 saturated carbocycles. The van der Waals surface area contributed by atoms with E-state index in [0.717, 1.165) is 45.0 Å². The standard InChI is InChI=1S/C22H29N3O2/c1-3-20(22(26)23-19-10-5-4-6-11-19)24(2)17-18-9-7-8-12-21(18)25-13-15-27-16-14-25/h4-12,20H,3,13-17H2,1-2H3,(H,23,26). The van der Waals surface area contributed by atoms with E-state index in [0.29, 0.717) is 0 Å². The van der Waals surface area contributed by atoms with Gasteiger partial charge in [-0.3, -0.25) is 9.69 Å². The fraction of sp³-hybridized carbons (Fsp3) is 0.409. The molecular weight excluding hydrogens is 338 g/mol. The van der Waals surface area contributed by atoms with Crippen molar-refractivity contribution in [2.24, 2.45) is 0 Å². The van der Waals surface area contributed by atoms with E-state index < -0.39 is 0 Å². The minimum absolute atomic E-state index is 0.0371. The minimum atomic E-state index is -0.178. The van der Waals surface area contributed by atoms with Crippen LogP contribution in [0.3, 0.4) is 0 Å². The van der Waals surface area contributed by atoms with Crippen molar-refractivity contribution in [2.45, 2.75) is 25.9 Å². The van der Waals surface area contributed by atoms with Crippen molar-refractivity contribution >= 4 is 17.3 Å². The Morgan fingerprint density at radius 2 is 1.78 bits per heavy atom. The highest BCUT2D eigenvalue weighted by Gasteiger charge is 2.23. The second kappa shape index (κ2) is 9.53. The molecule has 1 amide bonds. The molecule has 0 bridgehead atoms. The summed E-state index contributed by atoms with van der Waals surface area (Å²) in [4.78, 5) is 17.3. The Morgan fingerprint density at radius 1 is 1.11 bits per heavy atom. The molecule has 27 heavy (non-hydrogen) atoms. The first kappa shape index (κ1) is 19.4. The smallest absolute Gasteiger partial charge is 0.241 e. The van der Waals surface area contributed by atoms with Crippen LogP contribution in [-0.4, -0.2) is 50.2 Å². The van der Waals surface area contributed by atoms with Crippen LogP contribution in [0.1, 0.15) is 18.9 Å². The van der Waals surface area contributed by atoms with Gasteiger partial charge in [0.15, 0.2) is 0 Å². The number of nitrogens with zero attached hydrogens (tertiary/aromatic N) is 2. The van der Waals surface area contributed by atoms with Crippen LogP contribution >= 0.6 is 0 Å². The average Bonchev–Trinajstić information content (AvgIpc) is 2.70. The van der Waals surface area contributed by atoms with Gasteiger partial charge in [0, 0.05) is 31.0 Å². The minimum Gasteiger partial charge on any atom is -0.378 e. The van der Waals surface area contributed by atoms with Crippen LogP contribution in [0.25, 0.3) is 0 Å². The molecule has 1 aliphatic heterocycles. The molecule has 0 aliphatic carbocycles. The SMILES string of the molecule is CCC(C(=O)Nc1ccccc1)N(C)Cc1ccccc1N1CCOCC1. The lowest BCUT2D eigenvalue weighted by atomic mass is 10.1. The zero-order valence-electron chi connectivity index (χ0n) is 16.2. The van der Waals surface area contributed by atoms with Crippen LogP contribution < -0.4 is 10.2 Å². The predicted molar refractivity (Wildman–Crippen MR) is 110 cm³/mol. The number of hydrogen-bond acceptors (Lipinski definition) is 4. The summed E-state index contributed by atoms with van der Waals surface area (Å²) in [5.74, 6) is 0.0371. The van der Waals surface area contributed by atoms with E-state index in [4.69, 9.17) is 4.74 Å². The third kappa shape index (κ3) is 5.08. The topological polar surface area (TPSA) is 44.8 Å². The van der Waals surface area contributed by atoms with Crippen LogP contribution in [0.4, 0.5) is 11.4 Å². The van der Waals surface area contributed by atoms with Gasteiger partial charge in [-0.2, -0.15) is 0 Å². The van der Waals surface area contributed by atoms with Crippen molar-refractivity contribution in [1.29, 1.82) is 0 Å². The van der Waals surface area contributed by atoms with Crippen LogP contribution in [-0.2, 0) is 16.1 Å². The van der Waals surface area contributed by atoms with Crippen molar-refractivity contribution in [1.82, 2.24) is 4.90 Å². The fourth-order valence-corrected chi connectivity index (χ4v) is 3.58. The van der Waals surface area contributed by atoms with Crippen molar-refractivity contribution in [2.75, 3.05) is 43.6 Å². The summed E-state index contributed by atoms with van der Waals surface area (Å²) in [6.45, 7) is 6.13. The molecule has 1 fully saturated rings. The number of ether oxygens (including phenoxy) is 1. The molecule has 0 spiro atoms. The highest BCUT2D eigenvalue weighted by molar-refractivity contribution is 5.94. The van der Waals surface area contributed by atoms with Gasteiger partial charge in [0.25, 0.3) is 0 Å². The third-order valence-corrected chi connectivity index (χ3v) is 5.03. The van der Waals surface area contributed by atoms with E-state index in [9.17, 15) is 4.79 Å². The van der Waals surface area contributed by atoms with E-state index >= 15 is 0 Å². The highest BCUT2D eigenvalue weighted by Crippen LogP contribution is 2.24. The Balaban J connectivity index is 1.69. The molecule has 3 rings (SSSR count). The van der Waals surface area contributed by atoms with Crippen LogP contribution in [0, 0.1) is 0 Å². The maximum absolute atomic E-state index is 12.8. The van der Waals surface area contributed by atoms with Crippen molar-refractivity contribution in [3.05, 3.63) is 60.2 Å². The number of carbonyl (C=O) groups excluding carboxylic acids is 1. The van der Waals surface area contributed by atoms with E-state index in [-0.39, 0.29) is 11.9 Å². The summed E-state index contributed by atoms with van der Waals surface area (Å²) >= 11 is 0. The molecule has 144 valence electrons. The van der Waals surface area contributed by atoms with Crippen molar-refractivity contribution < 1.29 is 9.53 Å². The number of benzene rings is 2. The van der Waals surface area contributed by atoms with Crippen LogP contribution in [0.5, 0.6) is 0 Å². The molecule has 5 heteroatoms. The largest absolute Gasteiger partial charge is 0.378 e. The van der Waals surface area contributed by atoms with E-state index in [2.05, 4.69) is 46.3 Å². The molecular formula is C22H29N3O2. The third-order valence-electron chi connectivity index (χ3n) is 5.03. The van der Waals surface area contributed by atoms with Crippen LogP contribution in [0.2, 0.25) is 0 Å². The number of anilines is 2. The van der Waals surface area contributed by atoms with Gasteiger partial charge in [0.05, 0.1) is 19.3 Å². The van der Waals surface area contributed by atoms with Gasteiger partial charge in [0.1, 0.15) is 0 Å². The zero-order valence-corrected chi connectivity index (χ0v) is 16.2. The monoisotopic (exact) mass is 367 g/mol. The number of carbonyl (C=O) groups is 1. The number of hydrogen-bond donors (Lipinski definition) is 1. The molecule has 2 aromatic carbocycles. The normalized spacial score (nSPS) is 15.6. The van der Waals surface area contributed by atoms with Crippen molar-refractivity contribution in [3.63, 3.8) is 0 Å². The van der Waals surface area contributed by atoms with Gasteiger partial charge in [-0.05, 0) is 37.2 Å². The summed E-state index contributed by atoms with van der Waals surface area (Å²) < 4.78 is 5.48. The second-order valence-electron chi connectivity index (χ2n) is 6.92. The number of morpholine rings is 1. The number of para-hydroxylation sites is 2. The Bertz CT molecular complexity index is 729. The van der Waals surface area contributed by atoms with Gasteiger partial charge in [-0.15, -0.1) is 0 Å². The number of nitrogens with one attached hydrogen (secondary N) is 1. The molecule has 2 aromatic rings. The predicted octanol–water partition coefficient (Wildman–Crippen LogP) is 3.37. The van der Waals surface area contributed by atoms with Gasteiger partial charge in [-0.25, -0.2) is 0 Å². The Morgan fingerprint density at radius 3 is 2.48 bits per heavy atom. The fourth-order valence-electron chi connectivity index (χ4n) is 3.58. The Labute approximate surface area is 161 Å². The molecule has 1 unspecified atom stereocenters. The number of likely N-dealkylation sites (N-methyl/N-ethyl adjacent to an activating group) is 1. The lowest BCUT2D eigenvalue weighted by Crippen LogP contribution is -2.42. The molecule has 1 N–H and O–H groups in total.